The predicted molar refractivity (Wildman–Crippen MR) is 73.0 cm³/mol. The number of aromatic nitrogens is 3. The second kappa shape index (κ2) is 3.99. The number of benzene rings is 1. The molecule has 3 aromatic rings. The Balaban J connectivity index is 2.30. The number of aryl methyl sites for hydroxylation is 1. The van der Waals surface area contributed by atoms with E-state index in [9.17, 15) is 0 Å². The highest BCUT2D eigenvalue weighted by Crippen LogP contribution is 2.22. The molecule has 0 aliphatic heterocycles. The third-order valence-corrected chi connectivity index (χ3v) is 3.01. The average molecular weight is 259 g/mol. The molecule has 0 aliphatic carbocycles. The van der Waals surface area contributed by atoms with Gasteiger partial charge in [-0.1, -0.05) is 11.6 Å². The van der Waals surface area contributed by atoms with Gasteiger partial charge in [0.15, 0.2) is 5.65 Å². The van der Waals surface area contributed by atoms with Crippen molar-refractivity contribution in [1.82, 2.24) is 14.5 Å². The first-order valence-electron chi connectivity index (χ1n) is 5.52. The van der Waals surface area contributed by atoms with Gasteiger partial charge in [0.1, 0.15) is 5.52 Å². The number of pyridine rings is 1. The number of nitrogens with two attached hydrogens (primary N) is 1. The van der Waals surface area contributed by atoms with Crippen molar-refractivity contribution in [3.8, 4) is 5.69 Å². The maximum Gasteiger partial charge on any atom is 0.207 e. The number of imidazole rings is 1. The lowest BCUT2D eigenvalue weighted by molar-refractivity contribution is 1.07. The largest absolute Gasteiger partial charge is 0.369 e. The highest BCUT2D eigenvalue weighted by atomic mass is 35.5. The van der Waals surface area contributed by atoms with E-state index in [1.165, 1.54) is 0 Å². The number of fused-ring (bicyclic) bond motifs is 1. The molecule has 90 valence electrons. The summed E-state index contributed by atoms with van der Waals surface area (Å²) in [5.74, 6) is 0.422. The van der Waals surface area contributed by atoms with Crippen molar-refractivity contribution < 1.29 is 0 Å². The third-order valence-electron chi connectivity index (χ3n) is 2.75. The van der Waals surface area contributed by atoms with Crippen LogP contribution in [0.2, 0.25) is 5.02 Å². The van der Waals surface area contributed by atoms with Crippen molar-refractivity contribution in [2.24, 2.45) is 0 Å². The molecule has 0 saturated carbocycles. The zero-order valence-electron chi connectivity index (χ0n) is 9.76. The van der Waals surface area contributed by atoms with Crippen molar-refractivity contribution in [3.63, 3.8) is 0 Å². The SMILES string of the molecule is Cc1ccc2nc(N)n(-c3ccc(Cl)cc3)c2n1. The molecule has 1 aromatic carbocycles. The summed E-state index contributed by atoms with van der Waals surface area (Å²) < 4.78 is 1.82. The van der Waals surface area contributed by atoms with E-state index < -0.39 is 0 Å². The second-order valence-electron chi connectivity index (χ2n) is 4.08. The minimum atomic E-state index is 0.422. The summed E-state index contributed by atoms with van der Waals surface area (Å²) in [6.45, 7) is 1.94. The van der Waals surface area contributed by atoms with Crippen LogP contribution in [-0.4, -0.2) is 14.5 Å². The van der Waals surface area contributed by atoms with Crippen LogP contribution in [0.25, 0.3) is 16.9 Å². The number of hydrogen-bond donors (Lipinski definition) is 1. The zero-order valence-corrected chi connectivity index (χ0v) is 10.5. The Morgan fingerprint density at radius 3 is 2.50 bits per heavy atom. The molecule has 0 radical (unpaired) electrons. The predicted octanol–water partition coefficient (Wildman–Crippen LogP) is 2.96. The number of halogens is 1. The quantitative estimate of drug-likeness (QED) is 0.730. The van der Waals surface area contributed by atoms with Crippen LogP contribution in [0.1, 0.15) is 5.69 Å². The molecule has 0 aliphatic rings. The third kappa shape index (κ3) is 1.71. The topological polar surface area (TPSA) is 56.7 Å². The van der Waals surface area contributed by atoms with Crippen LogP contribution in [0.15, 0.2) is 36.4 Å². The summed E-state index contributed by atoms with van der Waals surface area (Å²) in [5.41, 5.74) is 9.33. The van der Waals surface area contributed by atoms with Gasteiger partial charge in [-0.25, -0.2) is 9.97 Å². The minimum absolute atomic E-state index is 0.422. The van der Waals surface area contributed by atoms with E-state index in [1.807, 2.05) is 47.9 Å². The average Bonchev–Trinajstić information content (AvgIpc) is 2.66. The summed E-state index contributed by atoms with van der Waals surface area (Å²) in [6, 6.07) is 11.3. The Morgan fingerprint density at radius 1 is 1.06 bits per heavy atom. The van der Waals surface area contributed by atoms with Gasteiger partial charge in [0.2, 0.25) is 5.95 Å². The van der Waals surface area contributed by atoms with Crippen LogP contribution >= 0.6 is 11.6 Å². The standard InChI is InChI=1S/C13H11ClN4/c1-8-2-7-11-12(16-8)18(13(15)17-11)10-5-3-9(14)4-6-10/h2-7H,1H3,(H2,15,17). The lowest BCUT2D eigenvalue weighted by atomic mass is 10.3. The number of nitrogen functional groups attached to an aromatic ring is 1. The Kier molecular flexibility index (Phi) is 2.45. The van der Waals surface area contributed by atoms with Gasteiger partial charge in [-0.2, -0.15) is 0 Å². The summed E-state index contributed by atoms with van der Waals surface area (Å²) in [5, 5.41) is 0.686. The van der Waals surface area contributed by atoms with Crippen molar-refractivity contribution in [1.29, 1.82) is 0 Å². The van der Waals surface area contributed by atoms with Crippen LogP contribution in [0, 0.1) is 6.92 Å². The molecule has 0 amide bonds. The molecule has 2 aromatic heterocycles. The first-order chi connectivity index (χ1) is 8.65. The van der Waals surface area contributed by atoms with Crippen molar-refractivity contribution >= 4 is 28.7 Å². The summed E-state index contributed by atoms with van der Waals surface area (Å²) in [4.78, 5) is 8.78. The van der Waals surface area contributed by atoms with E-state index in [-0.39, 0.29) is 0 Å². The van der Waals surface area contributed by atoms with E-state index in [1.54, 1.807) is 0 Å². The normalized spacial score (nSPS) is 11.0. The van der Waals surface area contributed by atoms with E-state index in [0.717, 1.165) is 22.5 Å². The summed E-state index contributed by atoms with van der Waals surface area (Å²) >= 11 is 5.88. The molecule has 2 N–H and O–H groups in total. The monoisotopic (exact) mass is 258 g/mol. The Labute approximate surface area is 109 Å². The van der Waals surface area contributed by atoms with E-state index in [4.69, 9.17) is 17.3 Å². The van der Waals surface area contributed by atoms with Crippen molar-refractivity contribution in [2.45, 2.75) is 6.92 Å². The van der Waals surface area contributed by atoms with Gasteiger partial charge in [-0.3, -0.25) is 4.57 Å². The molecule has 0 saturated heterocycles. The van der Waals surface area contributed by atoms with Crippen LogP contribution < -0.4 is 5.73 Å². The molecular formula is C13H11ClN4. The molecule has 4 nitrogen and oxygen atoms in total. The van der Waals surface area contributed by atoms with Crippen LogP contribution in [-0.2, 0) is 0 Å². The summed E-state index contributed by atoms with van der Waals surface area (Å²) in [6.07, 6.45) is 0. The van der Waals surface area contributed by atoms with Crippen molar-refractivity contribution in [3.05, 3.63) is 47.1 Å². The Morgan fingerprint density at radius 2 is 1.78 bits per heavy atom. The number of nitrogens with zero attached hydrogens (tertiary/aromatic N) is 3. The van der Waals surface area contributed by atoms with Crippen LogP contribution in [0.4, 0.5) is 5.95 Å². The maximum absolute atomic E-state index is 5.95. The van der Waals surface area contributed by atoms with Crippen LogP contribution in [0.5, 0.6) is 0 Å². The number of rotatable bonds is 1. The van der Waals surface area contributed by atoms with Gasteiger partial charge in [0.05, 0.1) is 5.69 Å². The molecule has 0 unspecified atom stereocenters. The van der Waals surface area contributed by atoms with Gasteiger partial charge in [-0.05, 0) is 43.3 Å². The van der Waals surface area contributed by atoms with Crippen molar-refractivity contribution in [2.75, 3.05) is 5.73 Å². The molecule has 18 heavy (non-hydrogen) atoms. The zero-order chi connectivity index (χ0) is 12.7. The Bertz CT molecular complexity index is 716. The summed E-state index contributed by atoms with van der Waals surface area (Å²) in [7, 11) is 0. The van der Waals surface area contributed by atoms with Gasteiger partial charge >= 0.3 is 0 Å². The van der Waals surface area contributed by atoms with Crippen LogP contribution in [0.3, 0.4) is 0 Å². The molecule has 0 bridgehead atoms. The molecule has 5 heteroatoms. The highest BCUT2D eigenvalue weighted by molar-refractivity contribution is 6.30. The van der Waals surface area contributed by atoms with Gasteiger partial charge in [0, 0.05) is 10.7 Å². The fourth-order valence-electron chi connectivity index (χ4n) is 1.91. The highest BCUT2D eigenvalue weighted by Gasteiger charge is 2.11. The van der Waals surface area contributed by atoms with E-state index in [2.05, 4.69) is 9.97 Å². The first-order valence-corrected chi connectivity index (χ1v) is 5.90. The molecule has 0 fully saturated rings. The fraction of sp³-hybridized carbons (Fsp3) is 0.0769. The van der Waals surface area contributed by atoms with E-state index in [0.29, 0.717) is 11.0 Å². The number of hydrogen-bond acceptors (Lipinski definition) is 3. The van der Waals surface area contributed by atoms with Gasteiger partial charge in [0.25, 0.3) is 0 Å². The van der Waals surface area contributed by atoms with E-state index >= 15 is 0 Å². The number of anilines is 1. The minimum Gasteiger partial charge on any atom is -0.369 e. The molecule has 3 rings (SSSR count). The second-order valence-corrected chi connectivity index (χ2v) is 4.51. The van der Waals surface area contributed by atoms with Gasteiger partial charge in [-0.15, -0.1) is 0 Å². The molecular weight excluding hydrogens is 248 g/mol. The van der Waals surface area contributed by atoms with Gasteiger partial charge < -0.3 is 5.73 Å². The Hall–Kier alpha value is -2.07. The maximum atomic E-state index is 5.95. The lowest BCUT2D eigenvalue weighted by Gasteiger charge is -2.05. The first kappa shape index (κ1) is 11.0. The molecule has 0 spiro atoms. The smallest absolute Gasteiger partial charge is 0.207 e. The fourth-order valence-corrected chi connectivity index (χ4v) is 2.04. The molecule has 2 heterocycles. The molecule has 0 atom stereocenters. The lowest BCUT2D eigenvalue weighted by Crippen LogP contribution is -2.01.